The molecule has 2 aromatic carbocycles. The fourth-order valence-electron chi connectivity index (χ4n) is 2.75. The maximum absolute atomic E-state index is 10.8. The molecule has 27 heavy (non-hydrogen) atoms. The highest BCUT2D eigenvalue weighted by Gasteiger charge is 2.18. The Labute approximate surface area is 160 Å². The fraction of sp³-hybridized carbons (Fsp3) is 0.167. The van der Waals surface area contributed by atoms with Gasteiger partial charge in [0.15, 0.2) is 0 Å². The molecule has 0 saturated heterocycles. The minimum Gasteiger partial charge on any atom is -0.298 e. The molecule has 0 radical (unpaired) electrons. The van der Waals surface area contributed by atoms with E-state index in [2.05, 4.69) is 43.9 Å². The first-order valence-electron chi connectivity index (χ1n) is 8.97. The Bertz CT molecular complexity index is 968. The zero-order chi connectivity index (χ0) is 19.2. The Hall–Kier alpha value is -3.38. The van der Waals surface area contributed by atoms with Crippen molar-refractivity contribution in [1.82, 2.24) is 5.01 Å². The summed E-state index contributed by atoms with van der Waals surface area (Å²) in [4.78, 5) is 10.8. The quantitative estimate of drug-likeness (QED) is 0.590. The Balaban J connectivity index is 1.88. The first-order valence-corrected chi connectivity index (χ1v) is 8.97. The van der Waals surface area contributed by atoms with Crippen LogP contribution in [0.5, 0.6) is 0 Å². The average molecular weight is 354 g/mol. The van der Waals surface area contributed by atoms with Crippen molar-refractivity contribution in [2.45, 2.75) is 26.8 Å². The third-order valence-electron chi connectivity index (χ3n) is 4.38. The second kappa shape index (κ2) is 8.33. The Kier molecular flexibility index (Phi) is 5.68. The van der Waals surface area contributed by atoms with Gasteiger partial charge in [0.25, 0.3) is 0 Å². The molecule has 0 saturated carbocycles. The standard InChI is InChI=1S/C24H22N2O/c1-4-23(15-12-20-8-5-18(2)6-9-20)26-19(3)7-16-24(25-26)22-13-10-21(17-27)11-14-22/h4-11,13-14,16-17,19H,1-3H3/b23-4-. The molecule has 0 spiro atoms. The van der Waals surface area contributed by atoms with E-state index in [4.69, 9.17) is 5.10 Å². The van der Waals surface area contributed by atoms with Gasteiger partial charge >= 0.3 is 0 Å². The number of hydrazone groups is 1. The summed E-state index contributed by atoms with van der Waals surface area (Å²) in [7, 11) is 0. The van der Waals surface area contributed by atoms with Gasteiger partial charge in [0.2, 0.25) is 0 Å². The van der Waals surface area contributed by atoms with Gasteiger partial charge in [0.05, 0.1) is 11.8 Å². The summed E-state index contributed by atoms with van der Waals surface area (Å²) in [6, 6.07) is 15.7. The number of nitrogens with zero attached hydrogens (tertiary/aromatic N) is 2. The number of allylic oxidation sites excluding steroid dienone is 3. The first-order chi connectivity index (χ1) is 13.1. The van der Waals surface area contributed by atoms with Crippen LogP contribution in [0, 0.1) is 18.8 Å². The fourth-order valence-corrected chi connectivity index (χ4v) is 2.75. The van der Waals surface area contributed by atoms with Crippen LogP contribution in [-0.2, 0) is 0 Å². The maximum Gasteiger partial charge on any atom is 0.150 e. The molecule has 0 fully saturated rings. The van der Waals surface area contributed by atoms with E-state index < -0.39 is 0 Å². The van der Waals surface area contributed by atoms with Gasteiger partial charge in [-0.25, -0.2) is 0 Å². The minimum absolute atomic E-state index is 0.113. The number of aryl methyl sites for hydroxylation is 1. The molecule has 1 aliphatic heterocycles. The van der Waals surface area contributed by atoms with Crippen molar-refractivity contribution in [2.24, 2.45) is 5.10 Å². The van der Waals surface area contributed by atoms with Crippen molar-refractivity contribution < 1.29 is 4.79 Å². The van der Waals surface area contributed by atoms with Crippen molar-refractivity contribution in [1.29, 1.82) is 0 Å². The van der Waals surface area contributed by atoms with Crippen LogP contribution in [0.1, 0.15) is 40.9 Å². The van der Waals surface area contributed by atoms with Crippen LogP contribution in [0.4, 0.5) is 0 Å². The van der Waals surface area contributed by atoms with E-state index in [0.29, 0.717) is 5.56 Å². The summed E-state index contributed by atoms with van der Waals surface area (Å²) in [6.07, 6.45) is 6.94. The van der Waals surface area contributed by atoms with E-state index in [0.717, 1.165) is 28.8 Å². The normalized spacial score (nSPS) is 16.4. The van der Waals surface area contributed by atoms with Gasteiger partial charge in [-0.1, -0.05) is 60.0 Å². The molecule has 134 valence electrons. The molecule has 3 rings (SSSR count). The number of rotatable bonds is 3. The lowest BCUT2D eigenvalue weighted by atomic mass is 10.1. The second-order valence-corrected chi connectivity index (χ2v) is 6.46. The Morgan fingerprint density at radius 3 is 2.44 bits per heavy atom. The second-order valence-electron chi connectivity index (χ2n) is 6.46. The molecular weight excluding hydrogens is 332 g/mol. The van der Waals surface area contributed by atoms with Crippen molar-refractivity contribution in [3.8, 4) is 11.8 Å². The molecule has 1 atom stereocenters. The molecule has 0 amide bonds. The Morgan fingerprint density at radius 1 is 1.11 bits per heavy atom. The molecule has 0 aliphatic carbocycles. The molecule has 3 nitrogen and oxygen atoms in total. The number of carbonyl (C=O) groups is 1. The van der Waals surface area contributed by atoms with Crippen LogP contribution in [0.15, 0.2) is 77.6 Å². The third kappa shape index (κ3) is 4.43. The number of hydrogen-bond acceptors (Lipinski definition) is 3. The summed E-state index contributed by atoms with van der Waals surface area (Å²) < 4.78 is 0. The zero-order valence-corrected chi connectivity index (χ0v) is 15.8. The van der Waals surface area contributed by atoms with Crippen LogP contribution in [0.3, 0.4) is 0 Å². The van der Waals surface area contributed by atoms with E-state index in [1.165, 1.54) is 5.56 Å². The van der Waals surface area contributed by atoms with Crippen LogP contribution < -0.4 is 0 Å². The van der Waals surface area contributed by atoms with E-state index in [-0.39, 0.29) is 6.04 Å². The first kappa shape index (κ1) is 18.4. The van der Waals surface area contributed by atoms with Gasteiger partial charge in [0.1, 0.15) is 12.0 Å². The third-order valence-corrected chi connectivity index (χ3v) is 4.38. The summed E-state index contributed by atoms with van der Waals surface area (Å²) in [5, 5.41) is 6.72. The highest BCUT2D eigenvalue weighted by Crippen LogP contribution is 2.19. The van der Waals surface area contributed by atoms with Gasteiger partial charge in [-0.3, -0.25) is 9.80 Å². The van der Waals surface area contributed by atoms with Crippen LogP contribution >= 0.6 is 0 Å². The molecule has 1 aliphatic rings. The topological polar surface area (TPSA) is 32.7 Å². The maximum atomic E-state index is 10.8. The lowest BCUT2D eigenvalue weighted by Crippen LogP contribution is -2.30. The summed E-state index contributed by atoms with van der Waals surface area (Å²) >= 11 is 0. The number of benzene rings is 2. The van der Waals surface area contributed by atoms with Crippen LogP contribution in [-0.4, -0.2) is 23.0 Å². The average Bonchev–Trinajstić information content (AvgIpc) is 2.71. The van der Waals surface area contributed by atoms with Gasteiger partial charge in [-0.15, -0.1) is 0 Å². The zero-order valence-electron chi connectivity index (χ0n) is 15.8. The van der Waals surface area contributed by atoms with Gasteiger partial charge in [-0.2, -0.15) is 5.10 Å². The SMILES string of the molecule is C/C=C(/C#Cc1ccc(C)cc1)N1N=C(c2ccc(C=O)cc2)C=CC1C. The Morgan fingerprint density at radius 2 is 1.81 bits per heavy atom. The predicted octanol–water partition coefficient (Wildman–Crippen LogP) is 4.73. The minimum atomic E-state index is 0.113. The lowest BCUT2D eigenvalue weighted by Gasteiger charge is -2.27. The molecule has 0 N–H and O–H groups in total. The number of hydrogen-bond donors (Lipinski definition) is 0. The van der Waals surface area contributed by atoms with E-state index in [1.54, 1.807) is 12.1 Å². The molecule has 1 unspecified atom stereocenters. The van der Waals surface area contributed by atoms with Crippen molar-refractivity contribution in [2.75, 3.05) is 0 Å². The highest BCUT2D eigenvalue weighted by molar-refractivity contribution is 6.09. The predicted molar refractivity (Wildman–Crippen MR) is 111 cm³/mol. The molecule has 3 heteroatoms. The summed E-state index contributed by atoms with van der Waals surface area (Å²) in [5.74, 6) is 6.46. The summed E-state index contributed by atoms with van der Waals surface area (Å²) in [6.45, 7) is 6.12. The molecule has 0 aromatic heterocycles. The van der Waals surface area contributed by atoms with Gasteiger partial charge < -0.3 is 0 Å². The van der Waals surface area contributed by atoms with E-state index in [9.17, 15) is 4.79 Å². The van der Waals surface area contributed by atoms with Crippen LogP contribution in [0.2, 0.25) is 0 Å². The highest BCUT2D eigenvalue weighted by atomic mass is 16.1. The van der Waals surface area contributed by atoms with Crippen molar-refractivity contribution in [3.05, 3.63) is 94.7 Å². The molecule has 1 heterocycles. The molecule has 2 aromatic rings. The molecular formula is C24H22N2O. The van der Waals surface area contributed by atoms with Crippen LogP contribution in [0.25, 0.3) is 0 Å². The van der Waals surface area contributed by atoms with Gasteiger partial charge in [0, 0.05) is 16.7 Å². The van der Waals surface area contributed by atoms with Gasteiger partial charge in [-0.05, 0) is 44.9 Å². The smallest absolute Gasteiger partial charge is 0.150 e. The lowest BCUT2D eigenvalue weighted by molar-refractivity contribution is 0.112. The largest absolute Gasteiger partial charge is 0.298 e. The molecule has 0 bridgehead atoms. The van der Waals surface area contributed by atoms with Crippen molar-refractivity contribution in [3.63, 3.8) is 0 Å². The van der Waals surface area contributed by atoms with E-state index in [1.807, 2.05) is 48.4 Å². The van der Waals surface area contributed by atoms with Crippen molar-refractivity contribution >= 4 is 12.0 Å². The number of carbonyl (C=O) groups excluding carboxylic acids is 1. The monoisotopic (exact) mass is 354 g/mol. The summed E-state index contributed by atoms with van der Waals surface area (Å²) in [5.41, 5.74) is 5.53. The van der Waals surface area contributed by atoms with E-state index >= 15 is 0 Å². The number of aldehydes is 1.